The van der Waals surface area contributed by atoms with Gasteiger partial charge in [0.2, 0.25) is 0 Å². The van der Waals surface area contributed by atoms with E-state index in [9.17, 15) is 0 Å². The Labute approximate surface area is 121 Å². The molecule has 1 aliphatic rings. The van der Waals surface area contributed by atoms with Gasteiger partial charge in [0.25, 0.3) is 0 Å². The molecule has 2 unspecified atom stereocenters. The molecule has 0 bridgehead atoms. The monoisotopic (exact) mass is 268 g/mol. The van der Waals surface area contributed by atoms with E-state index < -0.39 is 0 Å². The fourth-order valence-electron chi connectivity index (χ4n) is 2.98. The van der Waals surface area contributed by atoms with E-state index >= 15 is 0 Å². The molecule has 1 saturated heterocycles. The Morgan fingerprint density at radius 3 is 2.58 bits per heavy atom. The standard InChI is InChI=1S/C17H36N2/c1-6-8-9-15(7-2)13-19-11-10-16(14-19)12-18-17(3,4)5/h15-16,18H,6-14H2,1-5H3. The molecule has 1 aliphatic heterocycles. The van der Waals surface area contributed by atoms with Gasteiger partial charge in [0, 0.05) is 18.6 Å². The molecule has 0 saturated carbocycles. The van der Waals surface area contributed by atoms with E-state index in [-0.39, 0.29) is 5.54 Å². The predicted octanol–water partition coefficient (Wildman–Crippen LogP) is 3.91. The summed E-state index contributed by atoms with van der Waals surface area (Å²) in [5, 5.41) is 3.66. The second kappa shape index (κ2) is 8.26. The Balaban J connectivity index is 2.23. The normalized spacial score (nSPS) is 22.9. The third-order valence-corrected chi connectivity index (χ3v) is 4.35. The molecule has 1 heterocycles. The van der Waals surface area contributed by atoms with Crippen molar-refractivity contribution in [3.05, 3.63) is 0 Å². The molecule has 0 aromatic rings. The summed E-state index contributed by atoms with van der Waals surface area (Å²) < 4.78 is 0. The van der Waals surface area contributed by atoms with Gasteiger partial charge in [-0.05, 0) is 58.5 Å². The van der Waals surface area contributed by atoms with E-state index in [2.05, 4.69) is 44.8 Å². The second-order valence-corrected chi connectivity index (χ2v) is 7.46. The third-order valence-electron chi connectivity index (χ3n) is 4.35. The maximum Gasteiger partial charge on any atom is 0.00966 e. The fourth-order valence-corrected chi connectivity index (χ4v) is 2.98. The first-order valence-corrected chi connectivity index (χ1v) is 8.42. The molecule has 0 amide bonds. The van der Waals surface area contributed by atoms with Crippen molar-refractivity contribution in [3.8, 4) is 0 Å². The minimum absolute atomic E-state index is 0.264. The zero-order valence-corrected chi connectivity index (χ0v) is 14.0. The van der Waals surface area contributed by atoms with Gasteiger partial charge in [0.05, 0.1) is 0 Å². The number of rotatable bonds is 8. The van der Waals surface area contributed by atoms with Crippen LogP contribution in [-0.4, -0.2) is 36.6 Å². The first kappa shape index (κ1) is 17.0. The first-order valence-electron chi connectivity index (χ1n) is 8.42. The van der Waals surface area contributed by atoms with Crippen molar-refractivity contribution in [2.24, 2.45) is 11.8 Å². The molecule has 114 valence electrons. The molecule has 0 aromatic carbocycles. The van der Waals surface area contributed by atoms with Crippen LogP contribution in [0.2, 0.25) is 0 Å². The lowest BCUT2D eigenvalue weighted by molar-refractivity contribution is 0.249. The topological polar surface area (TPSA) is 15.3 Å². The Morgan fingerprint density at radius 2 is 2.00 bits per heavy atom. The number of hydrogen-bond donors (Lipinski definition) is 1. The molecule has 2 nitrogen and oxygen atoms in total. The largest absolute Gasteiger partial charge is 0.312 e. The molecule has 1 N–H and O–H groups in total. The van der Waals surface area contributed by atoms with Crippen molar-refractivity contribution >= 4 is 0 Å². The van der Waals surface area contributed by atoms with E-state index in [0.29, 0.717) is 0 Å². The summed E-state index contributed by atoms with van der Waals surface area (Å²) in [6.45, 7) is 16.6. The van der Waals surface area contributed by atoms with Crippen molar-refractivity contribution < 1.29 is 0 Å². The van der Waals surface area contributed by atoms with Crippen molar-refractivity contribution in [1.29, 1.82) is 0 Å². The highest BCUT2D eigenvalue weighted by molar-refractivity contribution is 4.81. The van der Waals surface area contributed by atoms with Gasteiger partial charge in [-0.15, -0.1) is 0 Å². The van der Waals surface area contributed by atoms with E-state index in [1.54, 1.807) is 0 Å². The number of nitrogens with zero attached hydrogens (tertiary/aromatic N) is 1. The van der Waals surface area contributed by atoms with Crippen LogP contribution >= 0.6 is 0 Å². The summed E-state index contributed by atoms with van der Waals surface area (Å²) in [4.78, 5) is 2.71. The number of nitrogens with one attached hydrogen (secondary N) is 1. The maximum atomic E-state index is 3.66. The zero-order chi connectivity index (χ0) is 14.3. The highest BCUT2D eigenvalue weighted by Crippen LogP contribution is 2.21. The summed E-state index contributed by atoms with van der Waals surface area (Å²) in [5.41, 5.74) is 0.264. The van der Waals surface area contributed by atoms with Gasteiger partial charge < -0.3 is 10.2 Å². The van der Waals surface area contributed by atoms with Gasteiger partial charge in [-0.2, -0.15) is 0 Å². The molecule has 2 heteroatoms. The summed E-state index contributed by atoms with van der Waals surface area (Å²) in [5.74, 6) is 1.79. The van der Waals surface area contributed by atoms with Crippen LogP contribution < -0.4 is 5.32 Å². The molecular formula is C17H36N2. The van der Waals surface area contributed by atoms with Crippen molar-refractivity contribution in [2.75, 3.05) is 26.2 Å². The van der Waals surface area contributed by atoms with E-state index in [0.717, 1.165) is 11.8 Å². The van der Waals surface area contributed by atoms with Crippen LogP contribution in [0.4, 0.5) is 0 Å². The van der Waals surface area contributed by atoms with Gasteiger partial charge in [-0.3, -0.25) is 0 Å². The molecule has 1 fully saturated rings. The smallest absolute Gasteiger partial charge is 0.00966 e. The predicted molar refractivity (Wildman–Crippen MR) is 85.6 cm³/mol. The molecule has 0 radical (unpaired) electrons. The molecular weight excluding hydrogens is 232 g/mol. The summed E-state index contributed by atoms with van der Waals surface area (Å²) in [6.07, 6.45) is 6.90. The minimum Gasteiger partial charge on any atom is -0.312 e. The highest BCUT2D eigenvalue weighted by atomic mass is 15.2. The maximum absolute atomic E-state index is 3.66. The highest BCUT2D eigenvalue weighted by Gasteiger charge is 2.25. The molecule has 0 aliphatic carbocycles. The Morgan fingerprint density at radius 1 is 1.26 bits per heavy atom. The first-order chi connectivity index (χ1) is 8.94. The van der Waals surface area contributed by atoms with E-state index in [1.165, 1.54) is 58.3 Å². The van der Waals surface area contributed by atoms with E-state index in [4.69, 9.17) is 0 Å². The number of unbranched alkanes of at least 4 members (excludes halogenated alkanes) is 1. The molecule has 1 rings (SSSR count). The van der Waals surface area contributed by atoms with Gasteiger partial charge in [0.1, 0.15) is 0 Å². The average molecular weight is 268 g/mol. The van der Waals surface area contributed by atoms with Gasteiger partial charge in [-0.25, -0.2) is 0 Å². The van der Waals surface area contributed by atoms with Crippen LogP contribution in [0.5, 0.6) is 0 Å². The summed E-state index contributed by atoms with van der Waals surface area (Å²) in [7, 11) is 0. The third kappa shape index (κ3) is 7.31. The summed E-state index contributed by atoms with van der Waals surface area (Å²) >= 11 is 0. The molecule has 0 spiro atoms. The fraction of sp³-hybridized carbons (Fsp3) is 1.00. The van der Waals surface area contributed by atoms with E-state index in [1.807, 2.05) is 0 Å². The van der Waals surface area contributed by atoms with Crippen LogP contribution in [0.15, 0.2) is 0 Å². The SMILES string of the molecule is CCCCC(CC)CN1CCC(CNC(C)(C)C)C1. The summed E-state index contributed by atoms with van der Waals surface area (Å²) in [6, 6.07) is 0. The molecule has 2 atom stereocenters. The lowest BCUT2D eigenvalue weighted by Crippen LogP contribution is -2.40. The molecule has 19 heavy (non-hydrogen) atoms. The van der Waals surface area contributed by atoms with Crippen LogP contribution in [0.3, 0.4) is 0 Å². The van der Waals surface area contributed by atoms with Crippen molar-refractivity contribution in [3.63, 3.8) is 0 Å². The van der Waals surface area contributed by atoms with Crippen LogP contribution in [0, 0.1) is 11.8 Å². The average Bonchev–Trinajstić information content (AvgIpc) is 2.79. The van der Waals surface area contributed by atoms with Crippen molar-refractivity contribution in [1.82, 2.24) is 10.2 Å². The lowest BCUT2D eigenvalue weighted by atomic mass is 9.99. The minimum atomic E-state index is 0.264. The lowest BCUT2D eigenvalue weighted by Gasteiger charge is -2.25. The number of likely N-dealkylation sites (tertiary alicyclic amines) is 1. The Bertz CT molecular complexity index is 232. The Kier molecular flexibility index (Phi) is 7.38. The quantitative estimate of drug-likeness (QED) is 0.718. The van der Waals surface area contributed by atoms with Crippen LogP contribution in [-0.2, 0) is 0 Å². The second-order valence-electron chi connectivity index (χ2n) is 7.46. The van der Waals surface area contributed by atoms with Crippen LogP contribution in [0.1, 0.15) is 66.7 Å². The van der Waals surface area contributed by atoms with Gasteiger partial charge >= 0.3 is 0 Å². The zero-order valence-electron chi connectivity index (χ0n) is 14.0. The van der Waals surface area contributed by atoms with Gasteiger partial charge in [-0.1, -0.05) is 33.1 Å². The van der Waals surface area contributed by atoms with Crippen LogP contribution in [0.25, 0.3) is 0 Å². The Hall–Kier alpha value is -0.0800. The van der Waals surface area contributed by atoms with Gasteiger partial charge in [0.15, 0.2) is 0 Å². The molecule has 0 aromatic heterocycles. The number of hydrogen-bond acceptors (Lipinski definition) is 2. The van der Waals surface area contributed by atoms with Crippen molar-refractivity contribution in [2.45, 2.75) is 72.3 Å².